The highest BCUT2D eigenvalue weighted by molar-refractivity contribution is 7.45. The molecule has 0 saturated carbocycles. The van der Waals surface area contributed by atoms with Crippen LogP contribution in [0.4, 0.5) is 0 Å². The van der Waals surface area contributed by atoms with Crippen molar-refractivity contribution in [1.29, 1.82) is 0 Å². The van der Waals surface area contributed by atoms with E-state index in [1.54, 1.807) is 0 Å². The summed E-state index contributed by atoms with van der Waals surface area (Å²) >= 11 is 0. The van der Waals surface area contributed by atoms with E-state index in [4.69, 9.17) is 13.8 Å². The van der Waals surface area contributed by atoms with Gasteiger partial charge in [0, 0.05) is 12.8 Å². The van der Waals surface area contributed by atoms with Crippen LogP contribution in [0.5, 0.6) is 0 Å². The highest BCUT2D eigenvalue weighted by Crippen LogP contribution is 2.38. The fourth-order valence-electron chi connectivity index (χ4n) is 8.32. The van der Waals surface area contributed by atoms with Gasteiger partial charge in [0.2, 0.25) is 5.91 Å². The van der Waals surface area contributed by atoms with Crippen molar-refractivity contribution >= 4 is 19.7 Å². The Hall–Kier alpha value is -2.81. The maximum Gasteiger partial charge on any atom is 0.306 e. The van der Waals surface area contributed by atoms with Gasteiger partial charge < -0.3 is 28.5 Å². The summed E-state index contributed by atoms with van der Waals surface area (Å²) in [5.41, 5.74) is 0. The van der Waals surface area contributed by atoms with Crippen LogP contribution < -0.4 is 10.2 Å². The molecule has 0 fully saturated rings. The van der Waals surface area contributed by atoms with Gasteiger partial charge in [-0.05, 0) is 102 Å². The molecule has 0 aromatic carbocycles. The minimum absolute atomic E-state index is 0.0360. The summed E-state index contributed by atoms with van der Waals surface area (Å²) in [6.45, 7) is 6.76. The topological polar surface area (TPSA) is 114 Å². The highest BCUT2D eigenvalue weighted by Gasteiger charge is 2.27. The number of ether oxygens (including phenoxy) is 1. The summed E-state index contributed by atoms with van der Waals surface area (Å²) < 4.78 is 30.2. The van der Waals surface area contributed by atoms with Crippen LogP contribution in [0.1, 0.15) is 258 Å². The molecular weight excluding hydrogens is 940 g/mol. The van der Waals surface area contributed by atoms with Gasteiger partial charge in [0.1, 0.15) is 19.3 Å². The van der Waals surface area contributed by atoms with Gasteiger partial charge in [-0.1, -0.05) is 228 Å². The number of phosphoric ester groups is 1. The van der Waals surface area contributed by atoms with Crippen molar-refractivity contribution in [1.82, 2.24) is 5.32 Å². The molecule has 0 aromatic heterocycles. The molecule has 0 heterocycles. The van der Waals surface area contributed by atoms with Crippen molar-refractivity contribution in [3.8, 4) is 0 Å². The number of carbonyl (C=O) groups excluding carboxylic acids is 2. The molecular formula is C64H115N2O7P. The number of hydrogen-bond acceptors (Lipinski definition) is 7. The zero-order chi connectivity index (χ0) is 54.3. The van der Waals surface area contributed by atoms with Gasteiger partial charge in [-0.3, -0.25) is 14.2 Å². The Morgan fingerprint density at radius 3 is 1.34 bits per heavy atom. The van der Waals surface area contributed by atoms with Gasteiger partial charge in [0.25, 0.3) is 7.82 Å². The smallest absolute Gasteiger partial charge is 0.306 e. The van der Waals surface area contributed by atoms with Crippen molar-refractivity contribution in [3.63, 3.8) is 0 Å². The Balaban J connectivity index is 5.44. The zero-order valence-electron chi connectivity index (χ0n) is 48.8. The van der Waals surface area contributed by atoms with Crippen molar-refractivity contribution in [3.05, 3.63) is 85.1 Å². The second kappa shape index (κ2) is 53.6. The van der Waals surface area contributed by atoms with E-state index in [1.807, 2.05) is 33.3 Å². The Bertz CT molecular complexity index is 1540. The largest absolute Gasteiger partial charge is 0.756 e. The molecule has 1 amide bonds. The number of likely N-dealkylation sites (N-methyl/N-ethyl adjacent to an activating group) is 1. The number of rotatable bonds is 54. The zero-order valence-corrected chi connectivity index (χ0v) is 49.7. The van der Waals surface area contributed by atoms with Crippen molar-refractivity contribution in [2.75, 3.05) is 40.9 Å². The van der Waals surface area contributed by atoms with E-state index in [1.165, 1.54) is 128 Å². The van der Waals surface area contributed by atoms with Crippen LogP contribution >= 0.6 is 7.82 Å². The number of esters is 1. The second-order valence-corrected chi connectivity index (χ2v) is 22.9. The minimum atomic E-state index is -4.72. The maximum absolute atomic E-state index is 13.5. The van der Waals surface area contributed by atoms with Gasteiger partial charge in [0.15, 0.2) is 0 Å². The number of carbonyl (C=O) groups is 2. The molecule has 0 aromatic rings. The number of allylic oxidation sites excluding steroid dienone is 13. The Morgan fingerprint density at radius 2 is 0.865 bits per heavy atom. The number of unbranched alkanes of at least 4 members (excludes halogenated alkanes) is 27. The van der Waals surface area contributed by atoms with E-state index in [-0.39, 0.29) is 31.3 Å². The lowest BCUT2D eigenvalue weighted by molar-refractivity contribution is -0.870. The number of amides is 1. The van der Waals surface area contributed by atoms with Crippen LogP contribution in [0.15, 0.2) is 85.1 Å². The van der Waals surface area contributed by atoms with E-state index in [0.29, 0.717) is 23.9 Å². The molecule has 0 spiro atoms. The van der Waals surface area contributed by atoms with E-state index in [9.17, 15) is 19.0 Å². The molecule has 10 heteroatoms. The third-order valence-electron chi connectivity index (χ3n) is 13.1. The van der Waals surface area contributed by atoms with Gasteiger partial charge in [-0.2, -0.15) is 0 Å². The van der Waals surface area contributed by atoms with Crippen LogP contribution in [-0.2, 0) is 27.9 Å². The lowest BCUT2D eigenvalue weighted by Gasteiger charge is -2.30. The number of nitrogens with one attached hydrogen (secondary N) is 1. The predicted molar refractivity (Wildman–Crippen MR) is 316 cm³/mol. The molecule has 0 radical (unpaired) electrons. The molecule has 3 unspecified atom stereocenters. The first-order valence-corrected chi connectivity index (χ1v) is 31.9. The standard InChI is InChI=1S/C64H115N2O7P/c1-7-10-13-16-19-22-25-28-30-32-33-34-36-39-42-45-48-51-54-57-64(68)73-62(55-52-49-46-43-40-37-27-24-21-18-15-12-9-3)61(60-72-74(69,70)71-59-58-66(4,5)6)65-63(67)56-53-50-47-44-41-38-35-31-29-26-23-20-17-14-11-8-2/h19,22,28,30-31,33-35,38-39,41-42,52,55,61-62H,7-18,20-21,23-27,29,32,36-37,40,43-51,53-54,56-60H2,1-6H3,(H-,65,67,69,70)/b22-19-,30-28-,34-33-,35-31+,41-38+,42-39-,55-52+. The van der Waals surface area contributed by atoms with Gasteiger partial charge in [-0.15, -0.1) is 0 Å². The molecule has 1 N–H and O–H groups in total. The Labute approximate surface area is 456 Å². The first-order chi connectivity index (χ1) is 35.9. The van der Waals surface area contributed by atoms with Crippen molar-refractivity contribution < 1.29 is 37.3 Å². The Morgan fingerprint density at radius 1 is 0.486 bits per heavy atom. The maximum atomic E-state index is 13.5. The summed E-state index contributed by atoms with van der Waals surface area (Å²) in [5, 5.41) is 3.00. The van der Waals surface area contributed by atoms with Crippen molar-refractivity contribution in [2.24, 2.45) is 0 Å². The van der Waals surface area contributed by atoms with Gasteiger partial charge >= 0.3 is 5.97 Å². The first-order valence-electron chi connectivity index (χ1n) is 30.4. The second-order valence-electron chi connectivity index (χ2n) is 21.5. The molecule has 9 nitrogen and oxygen atoms in total. The fraction of sp³-hybridized carbons (Fsp3) is 0.750. The van der Waals surface area contributed by atoms with Crippen molar-refractivity contribution in [2.45, 2.75) is 270 Å². The number of hydrogen-bond donors (Lipinski definition) is 1. The third kappa shape index (κ3) is 54.0. The van der Waals surface area contributed by atoms with E-state index >= 15 is 0 Å². The molecule has 0 rings (SSSR count). The van der Waals surface area contributed by atoms with Crippen LogP contribution in [0, 0.1) is 0 Å². The average Bonchev–Trinajstić information content (AvgIpc) is 3.36. The first kappa shape index (κ1) is 71.2. The van der Waals surface area contributed by atoms with E-state index in [0.717, 1.165) is 83.5 Å². The summed E-state index contributed by atoms with van der Waals surface area (Å²) in [5.74, 6) is -0.609. The molecule has 3 atom stereocenters. The average molecular weight is 1060 g/mol. The number of nitrogens with zero attached hydrogens (tertiary/aromatic N) is 1. The highest BCUT2D eigenvalue weighted by atomic mass is 31.2. The Kier molecular flexibility index (Phi) is 51.5. The van der Waals surface area contributed by atoms with Crippen LogP contribution in [0.2, 0.25) is 0 Å². The molecule has 0 aliphatic heterocycles. The lowest BCUT2D eigenvalue weighted by atomic mass is 10.0. The van der Waals surface area contributed by atoms with Crippen LogP contribution in [0.3, 0.4) is 0 Å². The molecule has 0 bridgehead atoms. The predicted octanol–water partition coefficient (Wildman–Crippen LogP) is 18.0. The summed E-state index contributed by atoms with van der Waals surface area (Å²) in [6, 6.07) is -0.919. The van der Waals surface area contributed by atoms with Gasteiger partial charge in [0.05, 0.1) is 33.8 Å². The quantitative estimate of drug-likeness (QED) is 0.0161. The van der Waals surface area contributed by atoms with Crippen LogP contribution in [-0.4, -0.2) is 69.4 Å². The summed E-state index contributed by atoms with van der Waals surface area (Å²) in [6.07, 6.45) is 69.8. The molecule has 0 aliphatic rings. The molecule has 74 heavy (non-hydrogen) atoms. The lowest BCUT2D eigenvalue weighted by Crippen LogP contribution is -2.47. The minimum Gasteiger partial charge on any atom is -0.756 e. The summed E-state index contributed by atoms with van der Waals surface area (Å²) in [4.78, 5) is 39.9. The SMILES string of the molecule is CCCCC/C=C\C/C=C\C/C=C\C/C=C\CCCCCC(=O)OC(/C=C/CCCCCCCCCCCCC)C(COP(=O)([O-])OCC[N+](C)(C)C)NC(=O)CCCCC/C=C/C=C/CCCCCCCCC. The van der Waals surface area contributed by atoms with Crippen LogP contribution in [0.25, 0.3) is 0 Å². The number of phosphoric acid groups is 1. The summed E-state index contributed by atoms with van der Waals surface area (Å²) in [7, 11) is 1.14. The monoisotopic (exact) mass is 1050 g/mol. The van der Waals surface area contributed by atoms with E-state index < -0.39 is 26.6 Å². The molecule has 0 saturated heterocycles. The molecule has 0 aliphatic carbocycles. The molecule has 428 valence electrons. The fourth-order valence-corrected chi connectivity index (χ4v) is 9.04. The normalized spacial score (nSPS) is 14.3. The number of quaternary nitrogens is 1. The third-order valence-corrected chi connectivity index (χ3v) is 14.0. The van der Waals surface area contributed by atoms with Gasteiger partial charge in [-0.25, -0.2) is 0 Å². The van der Waals surface area contributed by atoms with E-state index in [2.05, 4.69) is 99.0 Å².